The fourth-order valence-electron chi connectivity index (χ4n) is 0.877. The third-order valence-electron chi connectivity index (χ3n) is 1.53. The van der Waals surface area contributed by atoms with E-state index in [1.54, 1.807) is 20.8 Å². The summed E-state index contributed by atoms with van der Waals surface area (Å²) >= 11 is 0. The van der Waals surface area contributed by atoms with Gasteiger partial charge < -0.3 is 20.3 Å². The lowest BCUT2D eigenvalue weighted by Crippen LogP contribution is -2.44. The topological polar surface area (TPSA) is 98.9 Å². The fraction of sp³-hybridized carbons (Fsp3) is 0.778. The van der Waals surface area contributed by atoms with Gasteiger partial charge in [0.25, 0.3) is 0 Å². The first-order chi connectivity index (χ1) is 6.69. The predicted molar refractivity (Wildman–Crippen MR) is 52.0 cm³/mol. The van der Waals surface area contributed by atoms with Crippen molar-refractivity contribution in [1.82, 2.24) is 0 Å². The average molecular weight is 219 g/mol. The van der Waals surface area contributed by atoms with Crippen molar-refractivity contribution in [2.75, 3.05) is 7.11 Å². The minimum atomic E-state index is -1.51. The summed E-state index contributed by atoms with van der Waals surface area (Å²) in [4.78, 5) is 22.2. The summed E-state index contributed by atoms with van der Waals surface area (Å²) < 4.78 is 9.51. The van der Waals surface area contributed by atoms with E-state index in [0.29, 0.717) is 0 Å². The Morgan fingerprint density at radius 1 is 1.33 bits per heavy atom. The van der Waals surface area contributed by atoms with Crippen LogP contribution in [0.5, 0.6) is 0 Å². The Labute approximate surface area is 88.3 Å². The molecule has 2 atom stereocenters. The van der Waals surface area contributed by atoms with Crippen molar-refractivity contribution in [3.63, 3.8) is 0 Å². The van der Waals surface area contributed by atoms with E-state index in [2.05, 4.69) is 4.74 Å². The van der Waals surface area contributed by atoms with Crippen LogP contribution in [0.2, 0.25) is 0 Å². The number of hydrogen-bond acceptors (Lipinski definition) is 5. The molecule has 6 nitrogen and oxygen atoms in total. The number of methoxy groups -OCH3 is 1. The summed E-state index contributed by atoms with van der Waals surface area (Å²) in [5.74, 6) is -3.77. The van der Waals surface area contributed by atoms with Gasteiger partial charge in [-0.2, -0.15) is 0 Å². The molecule has 88 valence electrons. The number of carbonyl (C=O) groups is 2. The molecular formula is C9H17NO5. The van der Waals surface area contributed by atoms with Gasteiger partial charge in [0.1, 0.15) is 11.8 Å². The zero-order valence-corrected chi connectivity index (χ0v) is 9.31. The SMILES string of the molecule is COC(N)[C@H](C(=O)O)C(=O)OC(C)(C)C. The standard InChI is InChI=1S/C9H17NO5/c1-9(2,3)15-8(13)5(7(11)12)6(10)14-4/h5-6H,10H2,1-4H3,(H,11,12)/t5-,6?/m1/s1. The second kappa shape index (κ2) is 5.09. The number of nitrogens with two attached hydrogens (primary N) is 1. The summed E-state index contributed by atoms with van der Waals surface area (Å²) in [7, 11) is 1.23. The molecule has 0 amide bonds. The second-order valence-electron chi connectivity index (χ2n) is 4.05. The van der Waals surface area contributed by atoms with Crippen molar-refractivity contribution >= 4 is 11.9 Å². The monoisotopic (exact) mass is 219 g/mol. The molecule has 3 N–H and O–H groups in total. The molecule has 1 unspecified atom stereocenters. The predicted octanol–water partition coefficient (Wildman–Crippen LogP) is -0.0399. The summed E-state index contributed by atoms with van der Waals surface area (Å²) in [6, 6.07) is 0. The summed E-state index contributed by atoms with van der Waals surface area (Å²) in [6.45, 7) is 4.92. The minimum absolute atomic E-state index is 0.752. The molecule has 0 saturated carbocycles. The van der Waals surface area contributed by atoms with Crippen molar-refractivity contribution < 1.29 is 24.2 Å². The Balaban J connectivity index is 4.65. The lowest BCUT2D eigenvalue weighted by atomic mass is 10.1. The highest BCUT2D eigenvalue weighted by molar-refractivity contribution is 5.94. The summed E-state index contributed by atoms with van der Waals surface area (Å²) in [5, 5.41) is 8.78. The highest BCUT2D eigenvalue weighted by Gasteiger charge is 2.36. The number of rotatable bonds is 4. The van der Waals surface area contributed by atoms with Crippen LogP contribution in [-0.2, 0) is 19.1 Å². The first-order valence-electron chi connectivity index (χ1n) is 4.43. The van der Waals surface area contributed by atoms with Crippen LogP contribution in [0.15, 0.2) is 0 Å². The number of carboxylic acid groups (broad SMARTS) is 1. The van der Waals surface area contributed by atoms with E-state index in [1.165, 1.54) is 7.11 Å². The van der Waals surface area contributed by atoms with Gasteiger partial charge in [-0.15, -0.1) is 0 Å². The van der Waals surface area contributed by atoms with Crippen molar-refractivity contribution in [1.29, 1.82) is 0 Å². The van der Waals surface area contributed by atoms with Gasteiger partial charge in [0, 0.05) is 7.11 Å². The molecule has 0 spiro atoms. The Kier molecular flexibility index (Phi) is 4.70. The smallest absolute Gasteiger partial charge is 0.324 e. The Hall–Kier alpha value is -1.14. The maximum Gasteiger partial charge on any atom is 0.324 e. The molecule has 0 saturated heterocycles. The molecule has 0 aromatic rings. The van der Waals surface area contributed by atoms with Gasteiger partial charge in [-0.25, -0.2) is 0 Å². The van der Waals surface area contributed by atoms with E-state index in [9.17, 15) is 9.59 Å². The van der Waals surface area contributed by atoms with Crippen LogP contribution in [0, 0.1) is 5.92 Å². The van der Waals surface area contributed by atoms with E-state index in [1.807, 2.05) is 0 Å². The van der Waals surface area contributed by atoms with Crippen LogP contribution in [0.1, 0.15) is 20.8 Å². The molecule has 15 heavy (non-hydrogen) atoms. The van der Waals surface area contributed by atoms with Gasteiger partial charge in [0.15, 0.2) is 5.92 Å². The lowest BCUT2D eigenvalue weighted by Gasteiger charge is -2.24. The van der Waals surface area contributed by atoms with Crippen molar-refractivity contribution in [3.8, 4) is 0 Å². The third-order valence-corrected chi connectivity index (χ3v) is 1.53. The van der Waals surface area contributed by atoms with Crippen LogP contribution in [0.4, 0.5) is 0 Å². The normalized spacial score (nSPS) is 15.5. The number of aliphatic carboxylic acids is 1. The Bertz CT molecular complexity index is 245. The van der Waals surface area contributed by atoms with E-state index in [4.69, 9.17) is 15.6 Å². The molecule has 0 aliphatic heterocycles. The maximum absolute atomic E-state index is 11.4. The molecule has 0 aromatic heterocycles. The minimum Gasteiger partial charge on any atom is -0.480 e. The zero-order valence-electron chi connectivity index (χ0n) is 9.31. The number of carboxylic acids is 1. The van der Waals surface area contributed by atoms with Gasteiger partial charge in [0.05, 0.1) is 0 Å². The van der Waals surface area contributed by atoms with Gasteiger partial charge >= 0.3 is 11.9 Å². The molecule has 6 heteroatoms. The zero-order chi connectivity index (χ0) is 12.2. The summed E-state index contributed by atoms with van der Waals surface area (Å²) in [5.41, 5.74) is 4.58. The lowest BCUT2D eigenvalue weighted by molar-refractivity contribution is -0.172. The third kappa shape index (κ3) is 4.75. The van der Waals surface area contributed by atoms with Crippen LogP contribution in [0.3, 0.4) is 0 Å². The number of esters is 1. The van der Waals surface area contributed by atoms with Crippen molar-refractivity contribution in [2.24, 2.45) is 11.7 Å². The Morgan fingerprint density at radius 3 is 2.07 bits per heavy atom. The number of hydrogen-bond donors (Lipinski definition) is 2. The molecule has 0 heterocycles. The maximum atomic E-state index is 11.4. The van der Waals surface area contributed by atoms with Crippen LogP contribution >= 0.6 is 0 Å². The molecule has 0 radical (unpaired) electrons. The van der Waals surface area contributed by atoms with E-state index in [-0.39, 0.29) is 0 Å². The van der Waals surface area contributed by atoms with Gasteiger partial charge in [0.2, 0.25) is 0 Å². The molecule has 0 aliphatic carbocycles. The number of ether oxygens (including phenoxy) is 2. The molecule has 0 aliphatic rings. The van der Waals surface area contributed by atoms with Crippen LogP contribution in [0.25, 0.3) is 0 Å². The van der Waals surface area contributed by atoms with Crippen molar-refractivity contribution in [3.05, 3.63) is 0 Å². The first kappa shape index (κ1) is 13.9. The molecule has 0 rings (SSSR count). The van der Waals surface area contributed by atoms with Crippen LogP contribution < -0.4 is 5.73 Å². The van der Waals surface area contributed by atoms with E-state index < -0.39 is 29.7 Å². The molecule has 0 fully saturated rings. The average Bonchev–Trinajstić information content (AvgIpc) is 1.99. The molecule has 0 aromatic carbocycles. The highest BCUT2D eigenvalue weighted by Crippen LogP contribution is 2.13. The number of carbonyl (C=O) groups excluding carboxylic acids is 1. The van der Waals surface area contributed by atoms with Crippen molar-refractivity contribution in [2.45, 2.75) is 32.6 Å². The second-order valence-corrected chi connectivity index (χ2v) is 4.05. The quantitative estimate of drug-likeness (QED) is 0.391. The van der Waals surface area contributed by atoms with Gasteiger partial charge in [-0.1, -0.05) is 0 Å². The molecular weight excluding hydrogens is 202 g/mol. The van der Waals surface area contributed by atoms with Crippen LogP contribution in [-0.4, -0.2) is 36.0 Å². The fourth-order valence-corrected chi connectivity index (χ4v) is 0.877. The highest BCUT2D eigenvalue weighted by atomic mass is 16.6. The van der Waals surface area contributed by atoms with E-state index in [0.717, 1.165) is 0 Å². The Morgan fingerprint density at radius 2 is 1.80 bits per heavy atom. The first-order valence-corrected chi connectivity index (χ1v) is 4.43. The van der Waals surface area contributed by atoms with Gasteiger partial charge in [-0.05, 0) is 20.8 Å². The summed E-state index contributed by atoms with van der Waals surface area (Å²) in [6.07, 6.45) is -1.21. The molecule has 0 bridgehead atoms. The van der Waals surface area contributed by atoms with E-state index >= 15 is 0 Å². The largest absolute Gasteiger partial charge is 0.480 e. The van der Waals surface area contributed by atoms with Gasteiger partial charge in [-0.3, -0.25) is 9.59 Å².